The number of Topliss-reactive ketones (excluding diaryl/α,β-unsaturated/α-hetero) is 1. The number of aliphatic hydroxyl groups excluding tert-OH is 1. The fourth-order valence-electron chi connectivity index (χ4n) is 2.02. The highest BCUT2D eigenvalue weighted by atomic mass is 16.3. The number of carbonyl (C=O) groups excluding carboxylic acids is 1. The second kappa shape index (κ2) is 5.67. The van der Waals surface area contributed by atoms with Gasteiger partial charge in [0.2, 0.25) is 0 Å². The van der Waals surface area contributed by atoms with E-state index in [9.17, 15) is 15.0 Å². The van der Waals surface area contributed by atoms with Crippen LogP contribution in [0.1, 0.15) is 28.9 Å². The van der Waals surface area contributed by atoms with E-state index >= 15 is 0 Å². The van der Waals surface area contributed by atoms with Gasteiger partial charge in [-0.05, 0) is 6.07 Å². The van der Waals surface area contributed by atoms with Crippen LogP contribution < -0.4 is 0 Å². The highest BCUT2D eigenvalue weighted by molar-refractivity contribution is 5.98. The molecule has 2 aromatic carbocycles. The Balaban J connectivity index is 2.23. The molecule has 2 atom stereocenters. The number of phenolic OH excluding ortho intramolecular Hbond substituents is 1. The maximum Gasteiger partial charge on any atom is 0.168 e. The molecule has 2 N–H and O–H groups in total. The Morgan fingerprint density at radius 2 is 1.58 bits per heavy atom. The molecule has 0 fully saturated rings. The molecule has 3 nitrogen and oxygen atoms in total. The average molecular weight is 256 g/mol. The number of carbonyl (C=O) groups is 1. The molecule has 2 rings (SSSR count). The van der Waals surface area contributed by atoms with Crippen molar-refractivity contribution < 1.29 is 15.0 Å². The standard InChI is InChI=1S/C16H16O3/c1-11(15(18)12-7-3-2-4-8-12)16(19)13-9-5-6-10-14(13)17/h2-11,16-17,19H,1H3/t11-,16-/m1/s1. The van der Waals surface area contributed by atoms with Crippen molar-refractivity contribution in [1.82, 2.24) is 0 Å². The molecule has 0 saturated carbocycles. The molecule has 2 aromatic rings. The molecule has 0 aliphatic heterocycles. The summed E-state index contributed by atoms with van der Waals surface area (Å²) in [7, 11) is 0. The Morgan fingerprint density at radius 1 is 1.00 bits per heavy atom. The summed E-state index contributed by atoms with van der Waals surface area (Å²) in [6.07, 6.45) is -1.02. The first kappa shape index (κ1) is 13.3. The van der Waals surface area contributed by atoms with Crippen molar-refractivity contribution in [2.45, 2.75) is 13.0 Å². The number of ketones is 1. The molecule has 3 heteroatoms. The van der Waals surface area contributed by atoms with Gasteiger partial charge in [-0.2, -0.15) is 0 Å². The van der Waals surface area contributed by atoms with Crippen LogP contribution in [0.5, 0.6) is 5.75 Å². The molecule has 98 valence electrons. The van der Waals surface area contributed by atoms with Crippen LogP contribution in [-0.2, 0) is 0 Å². The molecule has 0 saturated heterocycles. The molecular formula is C16H16O3. The minimum atomic E-state index is -1.02. The van der Waals surface area contributed by atoms with Crippen LogP contribution in [0.3, 0.4) is 0 Å². The summed E-state index contributed by atoms with van der Waals surface area (Å²) in [6, 6.07) is 15.4. The van der Waals surface area contributed by atoms with Crippen molar-refractivity contribution in [2.24, 2.45) is 5.92 Å². The number of para-hydroxylation sites is 1. The van der Waals surface area contributed by atoms with Gasteiger partial charge in [0.1, 0.15) is 5.75 Å². The minimum absolute atomic E-state index is 0.00251. The molecule has 0 amide bonds. The molecule has 0 unspecified atom stereocenters. The molecule has 0 aliphatic rings. The Bertz CT molecular complexity index is 563. The Hall–Kier alpha value is -2.13. The number of hydrogen-bond donors (Lipinski definition) is 2. The zero-order chi connectivity index (χ0) is 13.8. The van der Waals surface area contributed by atoms with Crippen LogP contribution in [-0.4, -0.2) is 16.0 Å². The summed E-state index contributed by atoms with van der Waals surface area (Å²) in [4.78, 5) is 12.2. The fourth-order valence-corrected chi connectivity index (χ4v) is 2.02. The highest BCUT2D eigenvalue weighted by Crippen LogP contribution is 2.30. The smallest absolute Gasteiger partial charge is 0.168 e. The van der Waals surface area contributed by atoms with E-state index in [1.807, 2.05) is 6.07 Å². The van der Waals surface area contributed by atoms with Gasteiger partial charge < -0.3 is 10.2 Å². The Morgan fingerprint density at radius 3 is 2.21 bits per heavy atom. The predicted molar refractivity (Wildman–Crippen MR) is 73.0 cm³/mol. The van der Waals surface area contributed by atoms with Gasteiger partial charge in [0.05, 0.1) is 6.10 Å². The monoisotopic (exact) mass is 256 g/mol. The summed E-state index contributed by atoms with van der Waals surface area (Å²) in [5.74, 6) is -0.755. The topological polar surface area (TPSA) is 57.5 Å². The third kappa shape index (κ3) is 2.83. The fraction of sp³-hybridized carbons (Fsp3) is 0.188. The van der Waals surface area contributed by atoms with Crippen molar-refractivity contribution in [1.29, 1.82) is 0 Å². The minimum Gasteiger partial charge on any atom is -0.508 e. The van der Waals surface area contributed by atoms with E-state index in [0.717, 1.165) is 0 Å². The van der Waals surface area contributed by atoms with Gasteiger partial charge in [-0.3, -0.25) is 4.79 Å². The van der Waals surface area contributed by atoms with Crippen LogP contribution in [0.4, 0.5) is 0 Å². The van der Waals surface area contributed by atoms with Crippen LogP contribution in [0, 0.1) is 5.92 Å². The molecule has 0 bridgehead atoms. The van der Waals surface area contributed by atoms with Crippen molar-refractivity contribution >= 4 is 5.78 Å². The van der Waals surface area contributed by atoms with E-state index in [-0.39, 0.29) is 11.5 Å². The first-order chi connectivity index (χ1) is 9.11. The first-order valence-electron chi connectivity index (χ1n) is 6.16. The summed E-state index contributed by atoms with van der Waals surface area (Å²) < 4.78 is 0. The van der Waals surface area contributed by atoms with Gasteiger partial charge in [-0.1, -0.05) is 55.5 Å². The Labute approximate surface area is 112 Å². The lowest BCUT2D eigenvalue weighted by Gasteiger charge is -2.19. The van der Waals surface area contributed by atoms with E-state index in [1.54, 1.807) is 49.4 Å². The summed E-state index contributed by atoms with van der Waals surface area (Å²) in [5.41, 5.74) is 0.934. The maximum atomic E-state index is 12.2. The van der Waals surface area contributed by atoms with E-state index in [1.165, 1.54) is 6.07 Å². The predicted octanol–water partition coefficient (Wildman–Crippen LogP) is 2.94. The molecule has 0 radical (unpaired) electrons. The van der Waals surface area contributed by atoms with Gasteiger partial charge >= 0.3 is 0 Å². The number of phenols is 1. The third-order valence-corrected chi connectivity index (χ3v) is 3.20. The van der Waals surface area contributed by atoms with Crippen LogP contribution in [0.2, 0.25) is 0 Å². The number of aromatic hydroxyl groups is 1. The summed E-state index contributed by atoms with van der Waals surface area (Å²) in [5, 5.41) is 19.9. The Kier molecular flexibility index (Phi) is 3.97. The van der Waals surface area contributed by atoms with Crippen molar-refractivity contribution in [3.8, 4) is 5.75 Å². The van der Waals surface area contributed by atoms with Crippen LogP contribution >= 0.6 is 0 Å². The lowest BCUT2D eigenvalue weighted by atomic mass is 9.90. The second-order valence-electron chi connectivity index (χ2n) is 4.52. The summed E-state index contributed by atoms with van der Waals surface area (Å²) in [6.45, 7) is 1.66. The number of rotatable bonds is 4. The van der Waals surface area contributed by atoms with E-state index in [4.69, 9.17) is 0 Å². The van der Waals surface area contributed by atoms with Crippen molar-refractivity contribution in [3.05, 3.63) is 65.7 Å². The molecule has 0 aliphatic carbocycles. The normalized spacial score (nSPS) is 13.8. The van der Waals surface area contributed by atoms with Gasteiger partial charge in [0.15, 0.2) is 5.78 Å². The van der Waals surface area contributed by atoms with Gasteiger partial charge in [-0.25, -0.2) is 0 Å². The van der Waals surface area contributed by atoms with E-state index in [0.29, 0.717) is 11.1 Å². The molecule has 0 heterocycles. The lowest BCUT2D eigenvalue weighted by molar-refractivity contribution is 0.0708. The van der Waals surface area contributed by atoms with Crippen LogP contribution in [0.15, 0.2) is 54.6 Å². The molecule has 0 spiro atoms. The van der Waals surface area contributed by atoms with Crippen molar-refractivity contribution in [2.75, 3.05) is 0 Å². The number of benzene rings is 2. The summed E-state index contributed by atoms with van der Waals surface area (Å²) >= 11 is 0. The van der Waals surface area contributed by atoms with Crippen molar-refractivity contribution in [3.63, 3.8) is 0 Å². The first-order valence-corrected chi connectivity index (χ1v) is 6.16. The molecule has 0 aromatic heterocycles. The van der Waals surface area contributed by atoms with E-state index in [2.05, 4.69) is 0 Å². The number of aliphatic hydroxyl groups is 1. The van der Waals surface area contributed by atoms with Gasteiger partial charge in [-0.15, -0.1) is 0 Å². The van der Waals surface area contributed by atoms with E-state index < -0.39 is 12.0 Å². The largest absolute Gasteiger partial charge is 0.508 e. The molecule has 19 heavy (non-hydrogen) atoms. The van der Waals surface area contributed by atoms with Gasteiger partial charge in [0, 0.05) is 17.0 Å². The SMILES string of the molecule is C[C@H](C(=O)c1ccccc1)[C@@H](O)c1ccccc1O. The zero-order valence-corrected chi connectivity index (χ0v) is 10.7. The average Bonchev–Trinajstić information content (AvgIpc) is 2.46. The van der Waals surface area contributed by atoms with Crippen LogP contribution in [0.25, 0.3) is 0 Å². The molecular weight excluding hydrogens is 240 g/mol. The number of hydrogen-bond acceptors (Lipinski definition) is 3. The third-order valence-electron chi connectivity index (χ3n) is 3.20. The van der Waals surface area contributed by atoms with Gasteiger partial charge in [0.25, 0.3) is 0 Å². The lowest BCUT2D eigenvalue weighted by Crippen LogP contribution is -2.19. The maximum absolute atomic E-state index is 12.2. The quantitative estimate of drug-likeness (QED) is 0.827. The second-order valence-corrected chi connectivity index (χ2v) is 4.52. The zero-order valence-electron chi connectivity index (χ0n) is 10.7. The highest BCUT2D eigenvalue weighted by Gasteiger charge is 2.26.